The number of rotatable bonds is 3. The summed E-state index contributed by atoms with van der Waals surface area (Å²) in [4.78, 5) is 13.4. The van der Waals surface area contributed by atoms with Gasteiger partial charge in [-0.1, -0.05) is 12.8 Å². The van der Waals surface area contributed by atoms with Crippen molar-refractivity contribution in [2.24, 2.45) is 11.7 Å². The van der Waals surface area contributed by atoms with Gasteiger partial charge in [-0.15, -0.1) is 0 Å². The smallest absolute Gasteiger partial charge is 0.324 e. The molecule has 3 atom stereocenters. The molecule has 2 rings (SSSR count). The lowest BCUT2D eigenvalue weighted by Crippen LogP contribution is -2.58. The number of carbonyl (C=O) groups is 1. The van der Waals surface area contributed by atoms with Crippen LogP contribution in [0.1, 0.15) is 45.4 Å². The zero-order valence-electron chi connectivity index (χ0n) is 10.7. The highest BCUT2D eigenvalue weighted by Crippen LogP contribution is 2.35. The summed E-state index contributed by atoms with van der Waals surface area (Å²) in [5.41, 5.74) is 4.76. The highest BCUT2D eigenvalue weighted by molar-refractivity contribution is 5.78. The maximum absolute atomic E-state index is 11.1. The zero-order chi connectivity index (χ0) is 12.5. The van der Waals surface area contributed by atoms with Crippen LogP contribution in [0.4, 0.5) is 0 Å². The van der Waals surface area contributed by atoms with Crippen LogP contribution in [0.15, 0.2) is 0 Å². The first-order chi connectivity index (χ1) is 8.00. The van der Waals surface area contributed by atoms with Crippen LogP contribution in [0.3, 0.4) is 0 Å². The first-order valence-corrected chi connectivity index (χ1v) is 6.77. The van der Waals surface area contributed by atoms with Crippen LogP contribution in [0.5, 0.6) is 0 Å². The van der Waals surface area contributed by atoms with Crippen LogP contribution < -0.4 is 5.73 Å². The summed E-state index contributed by atoms with van der Waals surface area (Å²) in [5.74, 6) is -0.113. The first-order valence-electron chi connectivity index (χ1n) is 6.77. The fourth-order valence-corrected chi connectivity index (χ4v) is 3.41. The van der Waals surface area contributed by atoms with E-state index in [0.29, 0.717) is 12.6 Å². The predicted octanol–water partition coefficient (Wildman–Crippen LogP) is 1.44. The normalized spacial score (nSPS) is 33.8. The molecule has 0 bridgehead atoms. The molecule has 0 aromatic heterocycles. The molecule has 1 heterocycles. The number of hydrogen-bond acceptors (Lipinski definition) is 3. The Morgan fingerprint density at radius 2 is 2.00 bits per heavy atom. The van der Waals surface area contributed by atoms with Gasteiger partial charge >= 0.3 is 5.97 Å². The second kappa shape index (κ2) is 4.94. The van der Waals surface area contributed by atoms with Crippen LogP contribution in [0.2, 0.25) is 0 Å². The molecule has 1 aliphatic heterocycles. The van der Waals surface area contributed by atoms with Gasteiger partial charge in [0.05, 0.1) is 0 Å². The van der Waals surface area contributed by atoms with Gasteiger partial charge in [-0.05, 0) is 45.1 Å². The van der Waals surface area contributed by atoms with Crippen molar-refractivity contribution in [3.8, 4) is 0 Å². The van der Waals surface area contributed by atoms with Crippen LogP contribution in [-0.4, -0.2) is 40.6 Å². The molecule has 0 amide bonds. The molecule has 1 saturated heterocycles. The number of piperidine rings is 1. The summed E-state index contributed by atoms with van der Waals surface area (Å²) < 4.78 is 0. The summed E-state index contributed by atoms with van der Waals surface area (Å²) in [6, 6.07) is 0.583. The molecule has 4 heteroatoms. The Labute approximate surface area is 103 Å². The average Bonchev–Trinajstić information content (AvgIpc) is 2.29. The van der Waals surface area contributed by atoms with E-state index in [9.17, 15) is 4.79 Å². The highest BCUT2D eigenvalue weighted by atomic mass is 16.4. The molecule has 3 N–H and O–H groups in total. The third kappa shape index (κ3) is 2.80. The van der Waals surface area contributed by atoms with Gasteiger partial charge in [0.15, 0.2) is 0 Å². The molecule has 2 aliphatic rings. The second-order valence-corrected chi connectivity index (χ2v) is 5.95. The number of carboxylic acids is 1. The van der Waals surface area contributed by atoms with Crippen LogP contribution >= 0.6 is 0 Å². The number of fused-ring (bicyclic) bond motifs is 1. The Hall–Kier alpha value is -0.610. The van der Waals surface area contributed by atoms with Crippen molar-refractivity contribution in [3.05, 3.63) is 0 Å². The monoisotopic (exact) mass is 240 g/mol. The Kier molecular flexibility index (Phi) is 3.73. The van der Waals surface area contributed by atoms with Crippen molar-refractivity contribution in [3.63, 3.8) is 0 Å². The fourth-order valence-electron chi connectivity index (χ4n) is 3.41. The molecule has 98 valence electrons. The van der Waals surface area contributed by atoms with E-state index >= 15 is 0 Å². The van der Waals surface area contributed by atoms with Crippen LogP contribution in [0, 0.1) is 5.92 Å². The molecular weight excluding hydrogens is 216 g/mol. The van der Waals surface area contributed by atoms with Gasteiger partial charge in [0.25, 0.3) is 0 Å². The molecule has 17 heavy (non-hydrogen) atoms. The SMILES string of the molecule is CC(N)(CN1CCCC2CCCCC21)C(=O)O. The minimum atomic E-state index is -1.11. The van der Waals surface area contributed by atoms with E-state index in [0.717, 1.165) is 12.5 Å². The third-order valence-electron chi connectivity index (χ3n) is 4.38. The molecule has 0 aromatic carbocycles. The van der Waals surface area contributed by atoms with Gasteiger partial charge in [-0.25, -0.2) is 0 Å². The van der Waals surface area contributed by atoms with E-state index in [1.807, 2.05) is 0 Å². The van der Waals surface area contributed by atoms with Crippen molar-refractivity contribution >= 4 is 5.97 Å². The number of carboxylic acid groups (broad SMARTS) is 1. The largest absolute Gasteiger partial charge is 0.480 e. The highest BCUT2D eigenvalue weighted by Gasteiger charge is 2.38. The lowest BCUT2D eigenvalue weighted by molar-refractivity contribution is -0.144. The van der Waals surface area contributed by atoms with E-state index in [4.69, 9.17) is 10.8 Å². The van der Waals surface area contributed by atoms with Crippen molar-refractivity contribution < 1.29 is 9.90 Å². The van der Waals surface area contributed by atoms with Gasteiger partial charge in [0.1, 0.15) is 5.54 Å². The zero-order valence-corrected chi connectivity index (χ0v) is 10.7. The Bertz CT molecular complexity index is 289. The van der Waals surface area contributed by atoms with E-state index in [-0.39, 0.29) is 0 Å². The maximum atomic E-state index is 11.1. The summed E-state index contributed by atoms with van der Waals surface area (Å²) >= 11 is 0. The molecule has 0 radical (unpaired) electrons. The lowest BCUT2D eigenvalue weighted by Gasteiger charge is -2.46. The van der Waals surface area contributed by atoms with Crippen molar-refractivity contribution in [2.45, 2.75) is 57.0 Å². The fraction of sp³-hybridized carbons (Fsp3) is 0.923. The van der Waals surface area contributed by atoms with E-state index in [1.54, 1.807) is 6.92 Å². The molecular formula is C13H24N2O2. The summed E-state index contributed by atoms with van der Waals surface area (Å²) in [6.45, 7) is 3.13. The van der Waals surface area contributed by atoms with Crippen LogP contribution in [-0.2, 0) is 4.79 Å². The van der Waals surface area contributed by atoms with Crippen molar-refractivity contribution in [1.29, 1.82) is 0 Å². The average molecular weight is 240 g/mol. The molecule has 0 aromatic rings. The molecule has 1 saturated carbocycles. The maximum Gasteiger partial charge on any atom is 0.324 e. The Morgan fingerprint density at radius 3 is 2.71 bits per heavy atom. The Balaban J connectivity index is 2.01. The second-order valence-electron chi connectivity index (χ2n) is 5.95. The Morgan fingerprint density at radius 1 is 1.35 bits per heavy atom. The van der Waals surface area contributed by atoms with E-state index in [1.165, 1.54) is 38.5 Å². The topological polar surface area (TPSA) is 66.6 Å². The molecule has 2 fully saturated rings. The predicted molar refractivity (Wildman–Crippen MR) is 66.8 cm³/mol. The summed E-state index contributed by atoms with van der Waals surface area (Å²) in [5, 5.41) is 9.12. The molecule has 0 spiro atoms. The van der Waals surface area contributed by atoms with Gasteiger partial charge < -0.3 is 10.8 Å². The van der Waals surface area contributed by atoms with E-state index < -0.39 is 11.5 Å². The lowest BCUT2D eigenvalue weighted by atomic mass is 9.78. The molecule has 3 unspecified atom stereocenters. The van der Waals surface area contributed by atoms with Crippen LogP contribution in [0.25, 0.3) is 0 Å². The number of hydrogen-bond donors (Lipinski definition) is 2. The first kappa shape index (κ1) is 12.8. The summed E-state index contributed by atoms with van der Waals surface area (Å²) in [7, 11) is 0. The minimum absolute atomic E-state index is 0.490. The van der Waals surface area contributed by atoms with Gasteiger partial charge in [-0.2, -0.15) is 0 Å². The third-order valence-corrected chi connectivity index (χ3v) is 4.38. The molecule has 4 nitrogen and oxygen atoms in total. The van der Waals surface area contributed by atoms with Crippen molar-refractivity contribution in [1.82, 2.24) is 4.90 Å². The molecule has 1 aliphatic carbocycles. The number of aliphatic carboxylic acids is 1. The van der Waals surface area contributed by atoms with E-state index in [2.05, 4.69) is 4.90 Å². The van der Waals surface area contributed by atoms with Gasteiger partial charge in [0.2, 0.25) is 0 Å². The quantitative estimate of drug-likeness (QED) is 0.783. The number of nitrogens with zero attached hydrogens (tertiary/aromatic N) is 1. The van der Waals surface area contributed by atoms with Crippen molar-refractivity contribution in [2.75, 3.05) is 13.1 Å². The minimum Gasteiger partial charge on any atom is -0.480 e. The van der Waals surface area contributed by atoms with Gasteiger partial charge in [-0.3, -0.25) is 9.69 Å². The summed E-state index contributed by atoms with van der Waals surface area (Å²) in [6.07, 6.45) is 7.67. The number of likely N-dealkylation sites (tertiary alicyclic amines) is 1. The standard InChI is InChI=1S/C13H24N2O2/c1-13(14,12(16)17)9-15-8-4-6-10-5-2-3-7-11(10)15/h10-11H,2-9,14H2,1H3,(H,16,17). The number of nitrogens with two attached hydrogens (primary N) is 1. The van der Waals surface area contributed by atoms with Gasteiger partial charge in [0, 0.05) is 12.6 Å².